The van der Waals surface area contributed by atoms with Crippen LogP contribution < -0.4 is 0 Å². The van der Waals surface area contributed by atoms with Crippen LogP contribution in [0, 0.1) is 0 Å². The Kier molecular flexibility index (Phi) is 3.33. The Morgan fingerprint density at radius 3 is 2.26 bits per heavy atom. The van der Waals surface area contributed by atoms with E-state index in [0.29, 0.717) is 17.1 Å². The minimum Gasteiger partial charge on any atom is -0.455 e. The van der Waals surface area contributed by atoms with Gasteiger partial charge < -0.3 is 9.62 Å². The van der Waals surface area contributed by atoms with E-state index in [-0.39, 0.29) is 5.71 Å². The van der Waals surface area contributed by atoms with Gasteiger partial charge in [-0.05, 0) is 31.2 Å². The van der Waals surface area contributed by atoms with Crippen LogP contribution in [0.4, 0.5) is 13.2 Å². The van der Waals surface area contributed by atoms with Gasteiger partial charge in [0.05, 0.1) is 5.56 Å². The number of nitrogens with zero attached hydrogens (tertiary/aromatic N) is 1. The number of oxime groups is 1. The van der Waals surface area contributed by atoms with E-state index >= 15 is 0 Å². The average Bonchev–Trinajstić information content (AvgIpc) is 2.86. The monoisotopic (exact) mass is 269 g/mol. The largest absolute Gasteiger partial charge is 0.455 e. The van der Waals surface area contributed by atoms with Crippen LogP contribution in [0.25, 0.3) is 11.3 Å². The lowest BCUT2D eigenvalue weighted by Gasteiger charge is -2.06. The van der Waals surface area contributed by atoms with Crippen LogP contribution in [0.1, 0.15) is 18.2 Å². The Bertz CT molecular complexity index is 597. The molecule has 0 atom stereocenters. The zero-order valence-corrected chi connectivity index (χ0v) is 9.90. The second-order valence-corrected chi connectivity index (χ2v) is 3.92. The summed E-state index contributed by atoms with van der Waals surface area (Å²) in [6.07, 6.45) is -4.35. The highest BCUT2D eigenvalue weighted by Gasteiger charge is 2.30. The molecule has 100 valence electrons. The summed E-state index contributed by atoms with van der Waals surface area (Å²) >= 11 is 0. The SMILES string of the molecule is C/C(=N\O)c1ccc(-c2ccc(C(F)(F)F)cc2)o1. The van der Waals surface area contributed by atoms with Crippen LogP contribution in [-0.4, -0.2) is 10.9 Å². The number of alkyl halides is 3. The topological polar surface area (TPSA) is 45.7 Å². The van der Waals surface area contributed by atoms with Gasteiger partial charge in [-0.1, -0.05) is 17.3 Å². The number of halogens is 3. The lowest BCUT2D eigenvalue weighted by Crippen LogP contribution is -2.03. The van der Waals surface area contributed by atoms with Gasteiger partial charge in [0, 0.05) is 5.56 Å². The van der Waals surface area contributed by atoms with Gasteiger partial charge in [0.2, 0.25) is 0 Å². The first-order valence-electron chi connectivity index (χ1n) is 5.38. The third-order valence-electron chi connectivity index (χ3n) is 2.61. The van der Waals surface area contributed by atoms with Crippen molar-refractivity contribution in [2.24, 2.45) is 5.16 Å². The Morgan fingerprint density at radius 2 is 1.74 bits per heavy atom. The van der Waals surface area contributed by atoms with E-state index in [1.165, 1.54) is 12.1 Å². The summed E-state index contributed by atoms with van der Waals surface area (Å²) in [5.41, 5.74) is 0.0966. The molecule has 2 aromatic rings. The van der Waals surface area contributed by atoms with Crippen molar-refractivity contribution in [3.05, 3.63) is 47.7 Å². The Morgan fingerprint density at radius 1 is 1.11 bits per heavy atom. The molecule has 1 N–H and O–H groups in total. The van der Waals surface area contributed by atoms with Crippen LogP contribution in [0.15, 0.2) is 46.0 Å². The van der Waals surface area contributed by atoms with Gasteiger partial charge in [0.25, 0.3) is 0 Å². The minimum absolute atomic E-state index is 0.290. The summed E-state index contributed by atoms with van der Waals surface area (Å²) in [7, 11) is 0. The molecule has 0 radical (unpaired) electrons. The van der Waals surface area contributed by atoms with Gasteiger partial charge in [-0.3, -0.25) is 0 Å². The highest BCUT2D eigenvalue weighted by Crippen LogP contribution is 2.31. The predicted molar refractivity (Wildman–Crippen MR) is 63.1 cm³/mol. The molecular weight excluding hydrogens is 259 g/mol. The van der Waals surface area contributed by atoms with Crippen molar-refractivity contribution in [1.29, 1.82) is 0 Å². The molecule has 6 heteroatoms. The molecule has 0 aliphatic rings. The molecule has 0 saturated carbocycles. The molecule has 3 nitrogen and oxygen atoms in total. The minimum atomic E-state index is -4.35. The van der Waals surface area contributed by atoms with Crippen LogP contribution in [0.3, 0.4) is 0 Å². The van der Waals surface area contributed by atoms with Crippen molar-refractivity contribution >= 4 is 5.71 Å². The zero-order chi connectivity index (χ0) is 14.0. The fourth-order valence-electron chi connectivity index (χ4n) is 1.56. The van der Waals surface area contributed by atoms with Crippen molar-refractivity contribution < 1.29 is 22.8 Å². The Labute approximate surface area is 107 Å². The molecule has 1 aromatic heterocycles. The van der Waals surface area contributed by atoms with Crippen LogP contribution in [-0.2, 0) is 6.18 Å². The molecule has 0 bridgehead atoms. The normalized spacial score (nSPS) is 12.7. The first-order chi connectivity index (χ1) is 8.91. The van der Waals surface area contributed by atoms with Gasteiger partial charge in [0.1, 0.15) is 11.5 Å². The molecule has 1 heterocycles. The highest BCUT2D eigenvalue weighted by molar-refractivity contribution is 5.96. The molecule has 0 unspecified atom stereocenters. The van der Waals surface area contributed by atoms with Gasteiger partial charge in [-0.2, -0.15) is 13.2 Å². The third-order valence-corrected chi connectivity index (χ3v) is 2.61. The van der Waals surface area contributed by atoms with E-state index < -0.39 is 11.7 Å². The number of hydrogen-bond donors (Lipinski definition) is 1. The number of hydrogen-bond acceptors (Lipinski definition) is 3. The maximum Gasteiger partial charge on any atom is 0.416 e. The summed E-state index contributed by atoms with van der Waals surface area (Å²) in [5.74, 6) is 0.768. The number of benzene rings is 1. The van der Waals surface area contributed by atoms with E-state index in [0.717, 1.165) is 12.1 Å². The molecule has 0 saturated heterocycles. The second kappa shape index (κ2) is 4.79. The molecule has 1 aromatic carbocycles. The van der Waals surface area contributed by atoms with Crippen molar-refractivity contribution in [2.45, 2.75) is 13.1 Å². The fourth-order valence-corrected chi connectivity index (χ4v) is 1.56. The molecular formula is C13H10F3NO2. The maximum absolute atomic E-state index is 12.4. The van der Waals surface area contributed by atoms with Crippen LogP contribution in [0.5, 0.6) is 0 Å². The van der Waals surface area contributed by atoms with Gasteiger partial charge >= 0.3 is 6.18 Å². The smallest absolute Gasteiger partial charge is 0.416 e. The summed E-state index contributed by atoms with van der Waals surface area (Å²) in [4.78, 5) is 0. The number of rotatable bonds is 2. The summed E-state index contributed by atoms with van der Waals surface area (Å²) in [6, 6.07) is 7.83. The van der Waals surface area contributed by atoms with Crippen molar-refractivity contribution in [3.63, 3.8) is 0 Å². The predicted octanol–water partition coefficient (Wildman–Crippen LogP) is 4.16. The van der Waals surface area contributed by atoms with Crippen LogP contribution >= 0.6 is 0 Å². The van der Waals surface area contributed by atoms with Gasteiger partial charge in [-0.25, -0.2) is 0 Å². The Hall–Kier alpha value is -2.24. The van der Waals surface area contributed by atoms with E-state index in [4.69, 9.17) is 9.62 Å². The lowest BCUT2D eigenvalue weighted by molar-refractivity contribution is -0.137. The quantitative estimate of drug-likeness (QED) is 0.505. The van der Waals surface area contributed by atoms with Crippen LogP contribution in [0.2, 0.25) is 0 Å². The number of furan rings is 1. The lowest BCUT2D eigenvalue weighted by atomic mass is 10.1. The van der Waals surface area contributed by atoms with Gasteiger partial charge in [0.15, 0.2) is 5.76 Å². The zero-order valence-electron chi connectivity index (χ0n) is 9.90. The molecule has 19 heavy (non-hydrogen) atoms. The summed E-state index contributed by atoms with van der Waals surface area (Å²) in [6.45, 7) is 1.55. The molecule has 0 spiro atoms. The third kappa shape index (κ3) is 2.78. The summed E-state index contributed by atoms with van der Waals surface area (Å²) in [5, 5.41) is 11.6. The average molecular weight is 269 g/mol. The second-order valence-electron chi connectivity index (χ2n) is 3.92. The Balaban J connectivity index is 2.30. The molecule has 0 fully saturated rings. The first-order valence-corrected chi connectivity index (χ1v) is 5.38. The van der Waals surface area contributed by atoms with E-state index in [9.17, 15) is 13.2 Å². The van der Waals surface area contributed by atoms with Crippen molar-refractivity contribution in [3.8, 4) is 11.3 Å². The maximum atomic E-state index is 12.4. The molecule has 2 rings (SSSR count). The fraction of sp³-hybridized carbons (Fsp3) is 0.154. The molecule has 0 amide bonds. The highest BCUT2D eigenvalue weighted by atomic mass is 19.4. The van der Waals surface area contributed by atoms with Crippen molar-refractivity contribution in [2.75, 3.05) is 0 Å². The first kappa shape index (κ1) is 13.2. The van der Waals surface area contributed by atoms with E-state index in [2.05, 4.69) is 5.16 Å². The molecule has 0 aliphatic heterocycles. The van der Waals surface area contributed by atoms with Crippen molar-refractivity contribution in [1.82, 2.24) is 0 Å². The van der Waals surface area contributed by atoms with Gasteiger partial charge in [-0.15, -0.1) is 0 Å². The summed E-state index contributed by atoms with van der Waals surface area (Å²) < 4.78 is 42.6. The van der Waals surface area contributed by atoms with E-state index in [1.807, 2.05) is 0 Å². The van der Waals surface area contributed by atoms with E-state index in [1.54, 1.807) is 19.1 Å². The standard InChI is InChI=1S/C13H10F3NO2/c1-8(17-18)11-6-7-12(19-11)9-2-4-10(5-3-9)13(14,15)16/h2-7,18H,1H3/b17-8+. The molecule has 0 aliphatic carbocycles.